The Kier molecular flexibility index (Phi) is 3.38. The topological polar surface area (TPSA) is 40.6 Å². The molecule has 3 amide bonds. The van der Waals surface area contributed by atoms with Gasteiger partial charge in [-0.2, -0.15) is 0 Å². The Morgan fingerprint density at radius 1 is 1.00 bits per heavy atom. The predicted octanol–water partition coefficient (Wildman–Crippen LogP) is 3.30. The number of nitrogens with zero attached hydrogens (tertiary/aromatic N) is 2. The first-order valence-corrected chi connectivity index (χ1v) is 8.77. The smallest absolute Gasteiger partial charge is 0.307 e. The molecule has 116 valence electrons. The van der Waals surface area contributed by atoms with E-state index in [9.17, 15) is 9.59 Å². The number of urea groups is 1. The zero-order valence-corrected chi connectivity index (χ0v) is 13.5. The molecule has 4 nitrogen and oxygen atoms in total. The Balaban J connectivity index is 1.68. The second-order valence-corrected chi connectivity index (χ2v) is 6.65. The molecule has 2 heterocycles. The fraction of sp³-hybridized carbons (Fsp3) is 0.222. The highest BCUT2D eigenvalue weighted by Crippen LogP contribution is 2.33. The zero-order valence-electron chi connectivity index (χ0n) is 12.7. The molecule has 0 saturated carbocycles. The number of carbonyl (C=O) groups excluding carboxylic acids is 2. The zero-order chi connectivity index (χ0) is 16.0. The van der Waals surface area contributed by atoms with Crippen LogP contribution in [0.4, 0.5) is 10.5 Å². The van der Waals surface area contributed by atoms with Crippen molar-refractivity contribution in [2.24, 2.45) is 0 Å². The molecule has 1 atom stereocenters. The van der Waals surface area contributed by atoms with Crippen molar-refractivity contribution in [3.05, 3.63) is 59.7 Å². The van der Waals surface area contributed by atoms with Crippen LogP contribution in [0.25, 0.3) is 0 Å². The van der Waals surface area contributed by atoms with Crippen molar-refractivity contribution in [2.75, 3.05) is 11.2 Å². The number of rotatable bonds is 2. The molecule has 1 saturated heterocycles. The van der Waals surface area contributed by atoms with Gasteiger partial charge in [0.2, 0.25) is 0 Å². The SMILES string of the molecule is CSc1ccc(N2C(=O)C3Cc4ccccc4CN3C2=O)cc1. The number of benzene rings is 2. The number of hydrogen-bond acceptors (Lipinski definition) is 3. The van der Waals surface area contributed by atoms with Crippen LogP contribution in [0.2, 0.25) is 0 Å². The highest BCUT2D eigenvalue weighted by Gasteiger charge is 2.47. The number of imide groups is 1. The maximum atomic E-state index is 12.8. The quantitative estimate of drug-likeness (QED) is 0.629. The van der Waals surface area contributed by atoms with Crippen LogP contribution >= 0.6 is 11.8 Å². The molecule has 0 N–H and O–H groups in total. The summed E-state index contributed by atoms with van der Waals surface area (Å²) < 4.78 is 0. The van der Waals surface area contributed by atoms with E-state index in [1.54, 1.807) is 16.7 Å². The van der Waals surface area contributed by atoms with Gasteiger partial charge in [0.1, 0.15) is 6.04 Å². The molecule has 1 unspecified atom stereocenters. The largest absolute Gasteiger partial charge is 0.332 e. The van der Waals surface area contributed by atoms with E-state index in [2.05, 4.69) is 0 Å². The van der Waals surface area contributed by atoms with Crippen LogP contribution in [0, 0.1) is 0 Å². The number of fused-ring (bicyclic) bond motifs is 2. The third-order valence-corrected chi connectivity index (χ3v) is 5.27. The van der Waals surface area contributed by atoms with Crippen LogP contribution < -0.4 is 4.90 Å². The van der Waals surface area contributed by atoms with Crippen LogP contribution in [0.3, 0.4) is 0 Å². The molecule has 2 aliphatic rings. The molecule has 2 aliphatic heterocycles. The Morgan fingerprint density at radius 3 is 2.39 bits per heavy atom. The standard InChI is InChI=1S/C18H16N2O2S/c1-23-15-8-6-14(7-9-15)20-17(21)16-10-12-4-2-3-5-13(12)11-19(16)18(20)22/h2-9,16H,10-11H2,1H3. The van der Waals surface area contributed by atoms with Crippen LogP contribution in [0.5, 0.6) is 0 Å². The van der Waals surface area contributed by atoms with Gasteiger partial charge in [-0.05, 0) is 41.6 Å². The molecule has 0 spiro atoms. The van der Waals surface area contributed by atoms with Crippen LogP contribution in [0.1, 0.15) is 11.1 Å². The minimum absolute atomic E-state index is 0.124. The van der Waals surface area contributed by atoms with E-state index in [-0.39, 0.29) is 18.0 Å². The number of carbonyl (C=O) groups is 2. The van der Waals surface area contributed by atoms with E-state index in [1.807, 2.05) is 54.8 Å². The van der Waals surface area contributed by atoms with Gasteiger partial charge in [-0.1, -0.05) is 24.3 Å². The van der Waals surface area contributed by atoms with Crippen LogP contribution in [-0.2, 0) is 17.8 Å². The summed E-state index contributed by atoms with van der Waals surface area (Å²) in [6.45, 7) is 0.505. The lowest BCUT2D eigenvalue weighted by atomic mass is 9.95. The summed E-state index contributed by atoms with van der Waals surface area (Å²) in [6.07, 6.45) is 2.60. The third-order valence-electron chi connectivity index (χ3n) is 4.52. The van der Waals surface area contributed by atoms with Gasteiger partial charge in [-0.15, -0.1) is 11.8 Å². The average molecular weight is 324 g/mol. The lowest BCUT2D eigenvalue weighted by molar-refractivity contribution is -0.119. The Hall–Kier alpha value is -2.27. The highest BCUT2D eigenvalue weighted by molar-refractivity contribution is 7.98. The molecule has 1 fully saturated rings. The number of hydrogen-bond donors (Lipinski definition) is 0. The van der Waals surface area contributed by atoms with E-state index in [4.69, 9.17) is 0 Å². The van der Waals surface area contributed by atoms with Crippen molar-refractivity contribution in [3.63, 3.8) is 0 Å². The van der Waals surface area contributed by atoms with Gasteiger partial charge in [0.25, 0.3) is 5.91 Å². The Labute approximate surface area is 139 Å². The summed E-state index contributed by atoms with van der Waals surface area (Å²) in [7, 11) is 0. The van der Waals surface area contributed by atoms with Gasteiger partial charge in [0.15, 0.2) is 0 Å². The van der Waals surface area contributed by atoms with Crippen LogP contribution in [-0.4, -0.2) is 29.1 Å². The van der Waals surface area contributed by atoms with E-state index < -0.39 is 0 Å². The number of amides is 3. The molecule has 2 aromatic rings. The molecular formula is C18H16N2O2S. The minimum atomic E-state index is -0.377. The maximum absolute atomic E-state index is 12.8. The number of anilines is 1. The minimum Gasteiger partial charge on any atom is -0.307 e. The van der Waals surface area contributed by atoms with E-state index in [0.29, 0.717) is 18.7 Å². The molecule has 0 aromatic heterocycles. The average Bonchev–Trinajstić information content (AvgIpc) is 2.84. The lowest BCUT2D eigenvalue weighted by Gasteiger charge is -2.28. The van der Waals surface area contributed by atoms with Crippen molar-refractivity contribution >= 4 is 29.4 Å². The molecule has 5 heteroatoms. The van der Waals surface area contributed by atoms with Crippen LogP contribution in [0.15, 0.2) is 53.4 Å². The van der Waals surface area contributed by atoms with Gasteiger partial charge in [-0.3, -0.25) is 4.79 Å². The highest BCUT2D eigenvalue weighted by atomic mass is 32.2. The molecule has 2 aromatic carbocycles. The summed E-state index contributed by atoms with van der Waals surface area (Å²) in [6, 6.07) is 15.0. The predicted molar refractivity (Wildman–Crippen MR) is 90.6 cm³/mol. The van der Waals surface area contributed by atoms with E-state index >= 15 is 0 Å². The van der Waals surface area contributed by atoms with Crippen molar-refractivity contribution in [3.8, 4) is 0 Å². The van der Waals surface area contributed by atoms with Crippen molar-refractivity contribution in [2.45, 2.75) is 23.9 Å². The maximum Gasteiger partial charge on any atom is 0.332 e. The van der Waals surface area contributed by atoms with Gasteiger partial charge >= 0.3 is 6.03 Å². The van der Waals surface area contributed by atoms with Gasteiger partial charge in [0, 0.05) is 17.9 Å². The Morgan fingerprint density at radius 2 is 1.70 bits per heavy atom. The molecule has 0 aliphatic carbocycles. The first kappa shape index (κ1) is 14.3. The molecular weight excluding hydrogens is 308 g/mol. The summed E-state index contributed by atoms with van der Waals surface area (Å²) in [5.41, 5.74) is 2.94. The lowest BCUT2D eigenvalue weighted by Crippen LogP contribution is -2.39. The van der Waals surface area contributed by atoms with Crippen molar-refractivity contribution in [1.29, 1.82) is 0 Å². The second-order valence-electron chi connectivity index (χ2n) is 5.77. The van der Waals surface area contributed by atoms with E-state index in [0.717, 1.165) is 16.0 Å². The fourth-order valence-corrected chi connectivity index (χ4v) is 3.69. The summed E-state index contributed by atoms with van der Waals surface area (Å²) in [5.74, 6) is -0.124. The monoisotopic (exact) mass is 324 g/mol. The summed E-state index contributed by atoms with van der Waals surface area (Å²) in [4.78, 5) is 29.6. The van der Waals surface area contributed by atoms with Gasteiger partial charge in [-0.25, -0.2) is 9.69 Å². The first-order chi connectivity index (χ1) is 11.2. The number of thioether (sulfide) groups is 1. The summed E-state index contributed by atoms with van der Waals surface area (Å²) in [5, 5.41) is 0. The van der Waals surface area contributed by atoms with E-state index in [1.165, 1.54) is 4.90 Å². The third kappa shape index (κ3) is 2.23. The van der Waals surface area contributed by atoms with Gasteiger partial charge < -0.3 is 4.90 Å². The fourth-order valence-electron chi connectivity index (χ4n) is 3.29. The van der Waals surface area contributed by atoms with Gasteiger partial charge in [0.05, 0.1) is 5.69 Å². The second kappa shape index (κ2) is 5.42. The molecule has 0 bridgehead atoms. The first-order valence-electron chi connectivity index (χ1n) is 7.54. The normalized spacial score (nSPS) is 19.8. The van der Waals surface area contributed by atoms with Crippen molar-refractivity contribution < 1.29 is 9.59 Å². The molecule has 0 radical (unpaired) electrons. The Bertz CT molecular complexity index is 745. The van der Waals surface area contributed by atoms with Crippen molar-refractivity contribution in [1.82, 2.24) is 4.90 Å². The molecule has 23 heavy (non-hydrogen) atoms. The summed E-state index contributed by atoms with van der Waals surface area (Å²) >= 11 is 1.63. The molecule has 4 rings (SSSR count).